The maximum absolute atomic E-state index is 5.63. The lowest BCUT2D eigenvalue weighted by molar-refractivity contribution is 0.407. The van der Waals surface area contributed by atoms with Gasteiger partial charge >= 0.3 is 0 Å². The summed E-state index contributed by atoms with van der Waals surface area (Å²) >= 11 is 3.34. The molecule has 0 amide bonds. The molecule has 0 atom stereocenters. The van der Waals surface area contributed by atoms with Gasteiger partial charge in [0.25, 0.3) is 5.89 Å². The van der Waals surface area contributed by atoms with Gasteiger partial charge in [0.05, 0.1) is 4.88 Å². The Bertz CT molecular complexity index is 808. The summed E-state index contributed by atoms with van der Waals surface area (Å²) < 4.78 is 5.54. The number of benzene rings is 1. The highest BCUT2D eigenvalue weighted by molar-refractivity contribution is 7.98. The van der Waals surface area contributed by atoms with E-state index in [2.05, 4.69) is 46.7 Å². The van der Waals surface area contributed by atoms with Crippen LogP contribution in [-0.4, -0.2) is 22.9 Å². The number of thioether (sulfide) groups is 1. The molecule has 25 heavy (non-hydrogen) atoms. The number of nitrogens with two attached hydrogens (primary N) is 1. The number of hydrogen-bond donors (Lipinski definition) is 1. The van der Waals surface area contributed by atoms with Crippen LogP contribution < -0.4 is 5.73 Å². The first-order valence-electron chi connectivity index (χ1n) is 8.23. The van der Waals surface area contributed by atoms with Gasteiger partial charge in [0.2, 0.25) is 5.82 Å². The van der Waals surface area contributed by atoms with Crippen LogP contribution in [0.1, 0.15) is 30.7 Å². The highest BCUT2D eigenvalue weighted by atomic mass is 32.2. The van der Waals surface area contributed by atoms with Crippen molar-refractivity contribution in [1.29, 1.82) is 0 Å². The first-order chi connectivity index (χ1) is 12.3. The Morgan fingerprint density at radius 2 is 2.08 bits per heavy atom. The minimum atomic E-state index is 0.592. The molecular weight excluding hydrogens is 350 g/mol. The molecule has 130 valence electrons. The van der Waals surface area contributed by atoms with Crippen LogP contribution in [0.4, 0.5) is 0 Å². The van der Waals surface area contributed by atoms with Gasteiger partial charge in [-0.25, -0.2) is 0 Å². The van der Waals surface area contributed by atoms with Crippen molar-refractivity contribution < 1.29 is 4.52 Å². The van der Waals surface area contributed by atoms with Gasteiger partial charge in [-0.05, 0) is 67.3 Å². The van der Waals surface area contributed by atoms with E-state index in [-0.39, 0.29) is 0 Å². The van der Waals surface area contributed by atoms with Crippen molar-refractivity contribution >= 4 is 34.7 Å². The molecule has 0 aliphatic carbocycles. The van der Waals surface area contributed by atoms with Gasteiger partial charge in [0.15, 0.2) is 0 Å². The molecule has 3 aromatic rings. The Morgan fingerprint density at radius 3 is 2.76 bits per heavy atom. The molecule has 0 radical (unpaired) electrons. The van der Waals surface area contributed by atoms with Crippen LogP contribution in [0.2, 0.25) is 0 Å². The van der Waals surface area contributed by atoms with Crippen LogP contribution in [0.3, 0.4) is 0 Å². The van der Waals surface area contributed by atoms with Crippen molar-refractivity contribution in [3.05, 3.63) is 53.2 Å². The third kappa shape index (κ3) is 4.81. The average molecular weight is 372 g/mol. The second-order valence-corrected chi connectivity index (χ2v) is 7.42. The average Bonchev–Trinajstić information content (AvgIpc) is 3.33. The van der Waals surface area contributed by atoms with E-state index in [1.54, 1.807) is 23.1 Å². The molecule has 0 bridgehead atoms. The van der Waals surface area contributed by atoms with Crippen molar-refractivity contribution in [2.24, 2.45) is 5.73 Å². The van der Waals surface area contributed by atoms with E-state index in [0.29, 0.717) is 18.3 Å². The summed E-state index contributed by atoms with van der Waals surface area (Å²) in [6.45, 7) is 0.694. The topological polar surface area (TPSA) is 64.9 Å². The Morgan fingerprint density at radius 1 is 1.24 bits per heavy atom. The van der Waals surface area contributed by atoms with Gasteiger partial charge in [-0.3, -0.25) is 0 Å². The minimum Gasteiger partial charge on any atom is -0.334 e. The first kappa shape index (κ1) is 17.9. The summed E-state index contributed by atoms with van der Waals surface area (Å²) in [6, 6.07) is 12.5. The molecule has 0 aliphatic heterocycles. The van der Waals surface area contributed by atoms with Crippen molar-refractivity contribution in [2.75, 3.05) is 12.8 Å². The number of rotatable bonds is 8. The van der Waals surface area contributed by atoms with E-state index >= 15 is 0 Å². The van der Waals surface area contributed by atoms with E-state index < -0.39 is 0 Å². The number of thiophene rings is 1. The molecule has 0 saturated carbocycles. The molecule has 6 heteroatoms. The monoisotopic (exact) mass is 371 g/mol. The maximum Gasteiger partial charge on any atom is 0.254 e. The number of aromatic nitrogens is 2. The van der Waals surface area contributed by atoms with Crippen molar-refractivity contribution in [2.45, 2.75) is 24.2 Å². The molecule has 1 aromatic carbocycles. The zero-order chi connectivity index (χ0) is 17.5. The largest absolute Gasteiger partial charge is 0.334 e. The van der Waals surface area contributed by atoms with Crippen LogP contribution in [-0.2, 0) is 0 Å². The number of hydrogen-bond acceptors (Lipinski definition) is 6. The molecule has 3 rings (SSSR count). The van der Waals surface area contributed by atoms with E-state index in [4.69, 9.17) is 10.3 Å². The fourth-order valence-corrected chi connectivity index (χ4v) is 3.52. The standard InChI is InChI=1S/C19H21N3OS2/c1-24-16-9-7-14(8-10-16)13-15(5-2-3-11-20)19-21-18(22-23-19)17-6-4-12-25-17/h4,6-10,12-13H,2-3,5,11,20H2,1H3/b15-13+. The van der Waals surface area contributed by atoms with Gasteiger partial charge in [-0.2, -0.15) is 4.98 Å². The number of unbranched alkanes of at least 4 members (excludes halogenated alkanes) is 1. The molecule has 0 aliphatic rings. The fraction of sp³-hybridized carbons (Fsp3) is 0.263. The molecule has 0 saturated heterocycles. The summed E-state index contributed by atoms with van der Waals surface area (Å²) in [5, 5.41) is 6.14. The molecule has 2 heterocycles. The second kappa shape index (κ2) is 8.99. The fourth-order valence-electron chi connectivity index (χ4n) is 2.46. The van der Waals surface area contributed by atoms with E-state index in [1.807, 2.05) is 17.5 Å². The quantitative estimate of drug-likeness (QED) is 0.436. The molecule has 2 aromatic heterocycles. The lowest BCUT2D eigenvalue weighted by atomic mass is 10.0. The van der Waals surface area contributed by atoms with Crippen LogP contribution >= 0.6 is 23.1 Å². The molecular formula is C19H21N3OS2. The third-order valence-electron chi connectivity index (χ3n) is 3.80. The van der Waals surface area contributed by atoms with E-state index in [9.17, 15) is 0 Å². The highest BCUT2D eigenvalue weighted by Gasteiger charge is 2.13. The predicted octanol–water partition coefficient (Wildman–Crippen LogP) is 5.19. The van der Waals surface area contributed by atoms with Gasteiger partial charge in [-0.15, -0.1) is 23.1 Å². The van der Waals surface area contributed by atoms with Gasteiger partial charge in [0, 0.05) is 10.5 Å². The van der Waals surface area contributed by atoms with Crippen LogP contribution in [0.15, 0.2) is 51.2 Å². The Labute approximate surface area is 156 Å². The van der Waals surface area contributed by atoms with E-state index in [1.165, 1.54) is 4.90 Å². The predicted molar refractivity (Wildman–Crippen MR) is 107 cm³/mol. The third-order valence-corrected chi connectivity index (χ3v) is 5.41. The molecule has 0 unspecified atom stereocenters. The Hall–Kier alpha value is -1.89. The molecule has 0 fully saturated rings. The summed E-state index contributed by atoms with van der Waals surface area (Å²) in [7, 11) is 0. The smallest absolute Gasteiger partial charge is 0.254 e. The normalized spacial score (nSPS) is 11.8. The SMILES string of the molecule is CSc1ccc(/C=C(\CCCCN)c2nc(-c3cccs3)no2)cc1. The van der Waals surface area contributed by atoms with Gasteiger partial charge < -0.3 is 10.3 Å². The lowest BCUT2D eigenvalue weighted by Gasteiger charge is -2.04. The summed E-state index contributed by atoms with van der Waals surface area (Å²) in [5.74, 6) is 1.24. The van der Waals surface area contributed by atoms with Crippen LogP contribution in [0, 0.1) is 0 Å². The lowest BCUT2D eigenvalue weighted by Crippen LogP contribution is -1.98. The number of nitrogens with zero attached hydrogens (tertiary/aromatic N) is 2. The summed E-state index contributed by atoms with van der Waals surface area (Å²) in [4.78, 5) is 6.85. The summed E-state index contributed by atoms with van der Waals surface area (Å²) in [5.41, 5.74) is 7.83. The van der Waals surface area contributed by atoms with Crippen LogP contribution in [0.5, 0.6) is 0 Å². The van der Waals surface area contributed by atoms with Crippen molar-refractivity contribution in [3.63, 3.8) is 0 Å². The maximum atomic E-state index is 5.63. The van der Waals surface area contributed by atoms with Gasteiger partial charge in [-0.1, -0.05) is 23.4 Å². The van der Waals surface area contributed by atoms with Gasteiger partial charge in [0.1, 0.15) is 0 Å². The Balaban J connectivity index is 1.86. The van der Waals surface area contributed by atoms with E-state index in [0.717, 1.165) is 35.3 Å². The molecule has 4 nitrogen and oxygen atoms in total. The zero-order valence-corrected chi connectivity index (χ0v) is 15.8. The second-order valence-electron chi connectivity index (χ2n) is 5.59. The Kier molecular flexibility index (Phi) is 6.44. The van der Waals surface area contributed by atoms with Crippen LogP contribution in [0.25, 0.3) is 22.4 Å². The molecule has 2 N–H and O–H groups in total. The zero-order valence-electron chi connectivity index (χ0n) is 14.1. The van der Waals surface area contributed by atoms with Crippen molar-refractivity contribution in [3.8, 4) is 10.7 Å². The first-order valence-corrected chi connectivity index (χ1v) is 10.3. The number of allylic oxidation sites excluding steroid dienone is 1. The highest BCUT2D eigenvalue weighted by Crippen LogP contribution is 2.27. The van der Waals surface area contributed by atoms with Crippen molar-refractivity contribution in [1.82, 2.24) is 10.1 Å². The molecule has 0 spiro atoms. The summed E-state index contributed by atoms with van der Waals surface area (Å²) in [6.07, 6.45) is 7.06. The minimum absolute atomic E-state index is 0.592.